The molecule has 1 atom stereocenters. The van der Waals surface area contributed by atoms with Crippen LogP contribution >= 0.6 is 0 Å². The molecule has 2 rings (SSSR count). The van der Waals surface area contributed by atoms with Crippen molar-refractivity contribution in [1.29, 1.82) is 0 Å². The zero-order valence-electron chi connectivity index (χ0n) is 14.9. The molecular formula is C18H23BF4S. The summed E-state index contributed by atoms with van der Waals surface area (Å²) in [5.41, 5.74) is 7.07. The Morgan fingerprint density at radius 2 is 1.25 bits per heavy atom. The molecule has 0 N–H and O–H groups in total. The Morgan fingerprint density at radius 3 is 1.71 bits per heavy atom. The average molecular weight is 358 g/mol. The van der Waals surface area contributed by atoms with E-state index in [0.717, 1.165) is 0 Å². The third kappa shape index (κ3) is 5.89. The Labute approximate surface area is 145 Å². The molecule has 0 radical (unpaired) electrons. The summed E-state index contributed by atoms with van der Waals surface area (Å²) in [4.78, 5) is 2.92. The summed E-state index contributed by atoms with van der Waals surface area (Å²) in [5.74, 6) is 0. The summed E-state index contributed by atoms with van der Waals surface area (Å²) in [6.07, 6.45) is 2.33. The summed E-state index contributed by atoms with van der Waals surface area (Å²) in [5, 5.41) is 0. The van der Waals surface area contributed by atoms with Crippen LogP contribution in [0.2, 0.25) is 0 Å². The van der Waals surface area contributed by atoms with Gasteiger partial charge in [-0.15, -0.1) is 0 Å². The van der Waals surface area contributed by atoms with Crippen molar-refractivity contribution >= 4 is 18.4 Å². The van der Waals surface area contributed by atoms with Gasteiger partial charge >= 0.3 is 7.54 Å². The van der Waals surface area contributed by atoms with Gasteiger partial charge in [0, 0.05) is 5.56 Å². The zero-order valence-corrected chi connectivity index (χ0v) is 15.7. The Balaban J connectivity index is 0.000000954. The number of halogens is 4. The SMILES string of the molecule is Cc1ccc([S+](C)c2cc(C)c(C)c(C)c2C)cc1.FB(F)F.[F-]. The van der Waals surface area contributed by atoms with Crippen LogP contribution in [0.1, 0.15) is 27.8 Å². The molecule has 0 heterocycles. The fourth-order valence-corrected chi connectivity index (χ4v) is 4.13. The van der Waals surface area contributed by atoms with Crippen molar-refractivity contribution < 1.29 is 17.7 Å². The van der Waals surface area contributed by atoms with E-state index in [1.165, 1.54) is 37.6 Å². The molecule has 6 heteroatoms. The maximum Gasteiger partial charge on any atom is 0.762 e. The summed E-state index contributed by atoms with van der Waals surface area (Å²) in [7, 11) is -3.51. The highest BCUT2D eigenvalue weighted by atomic mass is 32.2. The van der Waals surface area contributed by atoms with Crippen molar-refractivity contribution in [3.05, 3.63) is 58.1 Å². The molecule has 2 aromatic rings. The highest BCUT2D eigenvalue weighted by Crippen LogP contribution is 2.29. The molecule has 24 heavy (non-hydrogen) atoms. The predicted octanol–water partition coefficient (Wildman–Crippen LogP) is 2.78. The van der Waals surface area contributed by atoms with E-state index in [-0.39, 0.29) is 15.6 Å². The number of hydrogen-bond donors (Lipinski definition) is 0. The molecule has 0 aromatic heterocycles. The van der Waals surface area contributed by atoms with Crippen LogP contribution in [0.25, 0.3) is 0 Å². The maximum atomic E-state index is 9.67. The second-order valence-electron chi connectivity index (χ2n) is 5.64. The molecule has 0 saturated heterocycles. The average Bonchev–Trinajstić information content (AvgIpc) is 2.48. The molecule has 0 aliphatic carbocycles. The lowest BCUT2D eigenvalue weighted by molar-refractivity contribution is -0.00000789. The van der Waals surface area contributed by atoms with Gasteiger partial charge in [-0.25, -0.2) is 0 Å². The first kappa shape index (κ1) is 22.6. The van der Waals surface area contributed by atoms with E-state index in [0.29, 0.717) is 0 Å². The van der Waals surface area contributed by atoms with Crippen LogP contribution in [0.15, 0.2) is 40.1 Å². The topological polar surface area (TPSA) is 0 Å². The van der Waals surface area contributed by atoms with Gasteiger partial charge in [-0.05, 0) is 69.5 Å². The van der Waals surface area contributed by atoms with Gasteiger partial charge in [-0.1, -0.05) is 17.7 Å². The molecule has 0 aliphatic heterocycles. The van der Waals surface area contributed by atoms with E-state index in [4.69, 9.17) is 0 Å². The molecule has 0 spiro atoms. The van der Waals surface area contributed by atoms with Crippen LogP contribution in [0, 0.1) is 34.6 Å². The smallest absolute Gasteiger partial charge is 0.762 e. The van der Waals surface area contributed by atoms with Crippen LogP contribution in [0.5, 0.6) is 0 Å². The largest absolute Gasteiger partial charge is 1.00 e. The summed E-state index contributed by atoms with van der Waals surface area (Å²) < 4.78 is 29.0. The Kier molecular flexibility index (Phi) is 9.19. The number of rotatable bonds is 2. The van der Waals surface area contributed by atoms with E-state index in [1.807, 2.05) is 0 Å². The molecule has 2 aromatic carbocycles. The van der Waals surface area contributed by atoms with E-state index < -0.39 is 7.54 Å². The van der Waals surface area contributed by atoms with Gasteiger partial charge in [0.1, 0.15) is 6.26 Å². The van der Waals surface area contributed by atoms with Crippen LogP contribution in [-0.2, 0) is 10.9 Å². The van der Waals surface area contributed by atoms with Crippen molar-refractivity contribution in [3.8, 4) is 0 Å². The van der Waals surface area contributed by atoms with Gasteiger partial charge < -0.3 is 4.70 Å². The van der Waals surface area contributed by atoms with Crippen molar-refractivity contribution in [2.24, 2.45) is 0 Å². The first-order valence-corrected chi connectivity index (χ1v) is 9.00. The maximum absolute atomic E-state index is 9.67. The van der Waals surface area contributed by atoms with Crippen LogP contribution < -0.4 is 4.70 Å². The molecule has 0 nitrogen and oxygen atoms in total. The lowest BCUT2D eigenvalue weighted by Crippen LogP contribution is -3.00. The van der Waals surface area contributed by atoms with Crippen LogP contribution in [0.3, 0.4) is 0 Å². The molecule has 0 amide bonds. The Bertz CT molecular complexity index is 654. The van der Waals surface area contributed by atoms with E-state index in [2.05, 4.69) is 71.2 Å². The fraction of sp³-hybridized carbons (Fsp3) is 0.333. The van der Waals surface area contributed by atoms with Gasteiger partial charge in [-0.2, -0.15) is 0 Å². The molecular weight excluding hydrogens is 335 g/mol. The lowest BCUT2D eigenvalue weighted by atomic mass is 10.00. The first-order valence-electron chi connectivity index (χ1n) is 7.37. The predicted molar refractivity (Wildman–Crippen MR) is 95.5 cm³/mol. The highest BCUT2D eigenvalue weighted by molar-refractivity contribution is 7.96. The highest BCUT2D eigenvalue weighted by Gasteiger charge is 2.23. The first-order chi connectivity index (χ1) is 10.6. The third-order valence-corrected chi connectivity index (χ3v) is 6.20. The lowest BCUT2D eigenvalue weighted by Gasteiger charge is -2.13. The van der Waals surface area contributed by atoms with E-state index >= 15 is 0 Å². The summed E-state index contributed by atoms with van der Waals surface area (Å²) >= 11 is 0. The van der Waals surface area contributed by atoms with Gasteiger partial charge in [0.25, 0.3) is 0 Å². The zero-order chi connectivity index (χ0) is 17.7. The minimum atomic E-state index is -3.67. The molecule has 0 bridgehead atoms. The van der Waals surface area contributed by atoms with Gasteiger partial charge in [0.05, 0.1) is 10.9 Å². The second kappa shape index (κ2) is 9.77. The monoisotopic (exact) mass is 358 g/mol. The third-order valence-electron chi connectivity index (χ3n) is 4.14. The van der Waals surface area contributed by atoms with E-state index in [1.54, 1.807) is 0 Å². The minimum Gasteiger partial charge on any atom is -1.00 e. The Morgan fingerprint density at radius 1 is 0.792 bits per heavy atom. The Hall–Kier alpha value is -1.43. The molecule has 0 fully saturated rings. The molecule has 0 saturated carbocycles. The van der Waals surface area contributed by atoms with Crippen molar-refractivity contribution in [2.45, 2.75) is 44.4 Å². The molecule has 132 valence electrons. The molecule has 0 aliphatic rings. The number of aryl methyl sites for hydroxylation is 2. The minimum absolute atomic E-state index is 0. The van der Waals surface area contributed by atoms with Gasteiger partial charge in [0.2, 0.25) is 0 Å². The standard InChI is InChI=1S/C18H23S.BF3.FH/c1-12-7-9-17(10-8-12)19(6)18-11-13(2)14(3)15(4)16(18)5;2-1(3)4;/h7-11H,1-6H3;;1H/q+1;;/p-1. The molecule has 1 unspecified atom stereocenters. The van der Waals surface area contributed by atoms with E-state index in [9.17, 15) is 12.9 Å². The fourth-order valence-electron chi connectivity index (χ4n) is 2.36. The van der Waals surface area contributed by atoms with Crippen molar-refractivity contribution in [1.82, 2.24) is 0 Å². The number of hydrogen-bond acceptors (Lipinski definition) is 0. The van der Waals surface area contributed by atoms with Crippen molar-refractivity contribution in [2.75, 3.05) is 6.26 Å². The quantitative estimate of drug-likeness (QED) is 0.440. The normalized spacial score (nSPS) is 11.0. The second-order valence-corrected chi connectivity index (χ2v) is 7.57. The number of benzene rings is 2. The van der Waals surface area contributed by atoms with Gasteiger partial charge in [-0.3, -0.25) is 12.9 Å². The van der Waals surface area contributed by atoms with Gasteiger partial charge in [0.15, 0.2) is 9.79 Å². The van der Waals surface area contributed by atoms with Crippen LogP contribution in [0.4, 0.5) is 12.9 Å². The van der Waals surface area contributed by atoms with Crippen molar-refractivity contribution in [3.63, 3.8) is 0 Å². The van der Waals surface area contributed by atoms with Crippen LogP contribution in [-0.4, -0.2) is 13.8 Å². The summed E-state index contributed by atoms with van der Waals surface area (Å²) in [6.45, 7) is 11.1. The summed E-state index contributed by atoms with van der Waals surface area (Å²) in [6, 6.07) is 11.3.